The minimum absolute atomic E-state index is 0.339. The van der Waals surface area contributed by atoms with Gasteiger partial charge in [-0.1, -0.05) is 164 Å². The van der Waals surface area contributed by atoms with E-state index < -0.39 is 0 Å². The van der Waals surface area contributed by atoms with Crippen LogP contribution in [0.4, 0.5) is 0 Å². The summed E-state index contributed by atoms with van der Waals surface area (Å²) in [6.45, 7) is 0. The van der Waals surface area contributed by atoms with E-state index in [-0.39, 0.29) is 0 Å². The van der Waals surface area contributed by atoms with Crippen LogP contribution in [0.25, 0.3) is 50.8 Å². The average molecular weight is 693 g/mol. The third-order valence-electron chi connectivity index (χ3n) is 13.2. The van der Waals surface area contributed by atoms with Gasteiger partial charge in [-0.2, -0.15) is 0 Å². The molecule has 0 spiro atoms. The third kappa shape index (κ3) is 5.26. The molecule has 54 heavy (non-hydrogen) atoms. The molecular formula is C54H44. The summed E-state index contributed by atoms with van der Waals surface area (Å²) in [5.41, 5.74) is 16.3. The summed E-state index contributed by atoms with van der Waals surface area (Å²) >= 11 is 0. The van der Waals surface area contributed by atoms with Crippen molar-refractivity contribution in [2.45, 2.75) is 44.9 Å². The van der Waals surface area contributed by atoms with Crippen LogP contribution in [-0.4, -0.2) is 0 Å². The van der Waals surface area contributed by atoms with E-state index in [0.717, 1.165) is 32.1 Å². The van der Waals surface area contributed by atoms with Crippen molar-refractivity contribution < 1.29 is 0 Å². The monoisotopic (exact) mass is 692 g/mol. The highest BCUT2D eigenvalue weighted by atomic mass is 14.4. The number of aryl methyl sites for hydroxylation is 1. The smallest absolute Gasteiger partial charge is 0.0134 e. The van der Waals surface area contributed by atoms with Gasteiger partial charge in [-0.25, -0.2) is 0 Å². The van der Waals surface area contributed by atoms with Gasteiger partial charge in [-0.05, 0) is 144 Å². The van der Waals surface area contributed by atoms with E-state index in [1.54, 1.807) is 16.7 Å². The first-order valence-electron chi connectivity index (χ1n) is 20.2. The van der Waals surface area contributed by atoms with Gasteiger partial charge in [-0.15, -0.1) is 0 Å². The molecule has 11 rings (SSSR count). The van der Waals surface area contributed by atoms with Crippen LogP contribution >= 0.6 is 0 Å². The predicted molar refractivity (Wildman–Crippen MR) is 228 cm³/mol. The number of fused-ring (bicyclic) bond motifs is 6. The molecule has 0 fully saturated rings. The fraction of sp³-hybridized carbons (Fsp3) is 0.185. The van der Waals surface area contributed by atoms with Crippen LogP contribution in [0.3, 0.4) is 0 Å². The van der Waals surface area contributed by atoms with Crippen molar-refractivity contribution in [3.63, 3.8) is 0 Å². The van der Waals surface area contributed by atoms with Gasteiger partial charge in [0, 0.05) is 11.8 Å². The predicted octanol–water partition coefficient (Wildman–Crippen LogP) is 10.2. The molecule has 0 radical (unpaired) electrons. The Morgan fingerprint density at radius 2 is 1.31 bits per heavy atom. The lowest BCUT2D eigenvalue weighted by Gasteiger charge is -2.37. The van der Waals surface area contributed by atoms with Crippen molar-refractivity contribution in [2.75, 3.05) is 0 Å². The van der Waals surface area contributed by atoms with Crippen LogP contribution in [-0.2, 0) is 6.42 Å². The van der Waals surface area contributed by atoms with E-state index in [9.17, 15) is 0 Å². The highest BCUT2D eigenvalue weighted by Crippen LogP contribution is 2.47. The summed E-state index contributed by atoms with van der Waals surface area (Å²) in [6.07, 6.45) is 30.0. The van der Waals surface area contributed by atoms with Crippen molar-refractivity contribution in [1.29, 1.82) is 0 Å². The first-order chi connectivity index (χ1) is 26.8. The van der Waals surface area contributed by atoms with Gasteiger partial charge in [0.2, 0.25) is 0 Å². The van der Waals surface area contributed by atoms with Gasteiger partial charge in [0.25, 0.3) is 0 Å². The molecule has 3 unspecified atom stereocenters. The first kappa shape index (κ1) is 31.8. The number of hydrogen-bond donors (Lipinski definition) is 0. The van der Waals surface area contributed by atoms with E-state index in [4.69, 9.17) is 0 Å². The molecule has 6 aliphatic carbocycles. The van der Waals surface area contributed by atoms with Gasteiger partial charge in [-0.3, -0.25) is 0 Å². The largest absolute Gasteiger partial charge is 0.0763 e. The van der Waals surface area contributed by atoms with E-state index in [0.29, 0.717) is 17.8 Å². The Kier molecular flexibility index (Phi) is 7.65. The van der Waals surface area contributed by atoms with Crippen molar-refractivity contribution in [2.24, 2.45) is 17.8 Å². The number of hydrogen-bond acceptors (Lipinski definition) is 0. The van der Waals surface area contributed by atoms with Gasteiger partial charge < -0.3 is 0 Å². The molecule has 0 saturated carbocycles. The summed E-state index contributed by atoms with van der Waals surface area (Å²) in [6, 6.07) is 40.9. The van der Waals surface area contributed by atoms with Crippen molar-refractivity contribution in [1.82, 2.24) is 0 Å². The maximum Gasteiger partial charge on any atom is 0.0134 e. The molecule has 0 aliphatic heterocycles. The second kappa shape index (κ2) is 13.0. The lowest BCUT2D eigenvalue weighted by Crippen LogP contribution is -2.41. The van der Waals surface area contributed by atoms with Gasteiger partial charge in [0.05, 0.1) is 0 Å². The maximum atomic E-state index is 2.56. The second-order valence-electron chi connectivity index (χ2n) is 16.1. The van der Waals surface area contributed by atoms with E-state index in [1.807, 2.05) is 0 Å². The molecule has 260 valence electrons. The molecule has 0 nitrogen and oxygen atoms in total. The lowest BCUT2D eigenvalue weighted by molar-refractivity contribution is 0.544. The minimum Gasteiger partial charge on any atom is -0.0763 e. The Hall–Kier alpha value is -5.72. The van der Waals surface area contributed by atoms with Crippen LogP contribution in [0, 0.1) is 17.8 Å². The summed E-state index contributed by atoms with van der Waals surface area (Å²) in [5.74, 6) is 1.27. The van der Waals surface area contributed by atoms with Crippen LogP contribution in [0.2, 0.25) is 0 Å². The van der Waals surface area contributed by atoms with Crippen LogP contribution in [0.5, 0.6) is 0 Å². The van der Waals surface area contributed by atoms with Gasteiger partial charge >= 0.3 is 0 Å². The second-order valence-corrected chi connectivity index (χ2v) is 16.1. The van der Waals surface area contributed by atoms with Crippen molar-refractivity contribution in [3.05, 3.63) is 206 Å². The molecule has 0 N–H and O–H groups in total. The lowest BCUT2D eigenvalue weighted by atomic mass is 9.66. The van der Waals surface area contributed by atoms with Crippen LogP contribution in [0.15, 0.2) is 174 Å². The topological polar surface area (TPSA) is 0 Å². The molecule has 0 amide bonds. The number of benzene rings is 5. The zero-order chi connectivity index (χ0) is 35.6. The van der Waals surface area contributed by atoms with Crippen molar-refractivity contribution in [3.8, 4) is 11.1 Å². The van der Waals surface area contributed by atoms with Gasteiger partial charge in [0.15, 0.2) is 0 Å². The Bertz CT molecular complexity index is 2850. The number of allylic oxidation sites excluding steroid dienone is 11. The molecule has 5 aromatic rings. The Morgan fingerprint density at radius 3 is 2.19 bits per heavy atom. The maximum absolute atomic E-state index is 2.56. The highest BCUT2D eigenvalue weighted by Gasteiger charge is 2.35. The Morgan fingerprint density at radius 1 is 0.556 bits per heavy atom. The standard InChI is InChI=1S/C54H44/c1-3-15-45-35(11-1)13-9-21-47(45)41-27-23-39-33-43(29-25-37(39)31-41)53-49-17-5-7-19-51(49)54(52-20-8-6-18-50(52)53)44-30-26-38-32-42(28-24-40(38)34-44)48-22-10-14-36-12-2-4-16-46(36)48/h1-9,11-21,23,26-27,30-33,40,49,51H,10,22,24-25,28-29,34H2. The fourth-order valence-electron chi connectivity index (χ4n) is 10.6. The van der Waals surface area contributed by atoms with E-state index in [1.165, 1.54) is 89.0 Å². The Balaban J connectivity index is 1.00. The minimum atomic E-state index is 0.339. The molecule has 6 aliphatic rings. The fourth-order valence-corrected chi connectivity index (χ4v) is 10.6. The molecule has 5 aromatic carbocycles. The average Bonchev–Trinajstić information content (AvgIpc) is 3.24. The normalized spacial score (nSPS) is 22.4. The molecule has 0 heterocycles. The van der Waals surface area contributed by atoms with Crippen molar-refractivity contribution >= 4 is 39.6 Å². The SMILES string of the molecule is C1=CC2C(C3=Cc4ccc(-c5cccc6ccccc56)cc4CC3)=c3ccccc3=C(C3=CC=C4C=C(C5=c6ccccc6=CCC5)CCC4C3)C2C=C1. The van der Waals surface area contributed by atoms with Gasteiger partial charge in [0.1, 0.15) is 0 Å². The summed E-state index contributed by atoms with van der Waals surface area (Å²) < 4.78 is 0. The number of rotatable bonds is 4. The summed E-state index contributed by atoms with van der Waals surface area (Å²) in [7, 11) is 0. The van der Waals surface area contributed by atoms with E-state index >= 15 is 0 Å². The molecule has 0 aromatic heterocycles. The molecule has 0 heteroatoms. The zero-order valence-electron chi connectivity index (χ0n) is 30.8. The first-order valence-corrected chi connectivity index (χ1v) is 20.2. The highest BCUT2D eigenvalue weighted by molar-refractivity contribution is 5.97. The van der Waals surface area contributed by atoms with Crippen LogP contribution < -0.4 is 20.9 Å². The zero-order valence-corrected chi connectivity index (χ0v) is 30.8. The quantitative estimate of drug-likeness (QED) is 0.176. The third-order valence-corrected chi connectivity index (χ3v) is 13.2. The molecule has 0 bridgehead atoms. The molecule has 0 saturated heterocycles. The Labute approximate surface area is 318 Å². The molecule has 3 atom stereocenters. The summed E-state index contributed by atoms with van der Waals surface area (Å²) in [5, 5.41) is 8.35. The summed E-state index contributed by atoms with van der Waals surface area (Å²) in [4.78, 5) is 0. The van der Waals surface area contributed by atoms with E-state index in [2.05, 4.69) is 164 Å². The molecular weight excluding hydrogens is 649 g/mol. The van der Waals surface area contributed by atoms with Crippen LogP contribution in [0.1, 0.15) is 49.7 Å².